The molecule has 0 spiro atoms. The Kier molecular flexibility index (Phi) is 9.48. The van der Waals surface area contributed by atoms with E-state index in [2.05, 4.69) is 4.98 Å². The Balaban J connectivity index is 0.000000501. The molecule has 2 aromatic carbocycles. The summed E-state index contributed by atoms with van der Waals surface area (Å²) in [5.74, 6) is -3.06. The van der Waals surface area contributed by atoms with Crippen LogP contribution in [0.15, 0.2) is 73.1 Å². The number of hydrogen-bond donors (Lipinski definition) is 3. The molecule has 3 rings (SSSR count). The molecular formula is C23H22ClNO6. The van der Waals surface area contributed by atoms with Crippen LogP contribution in [0.5, 0.6) is 5.75 Å². The van der Waals surface area contributed by atoms with Crippen LogP contribution in [-0.2, 0) is 16.0 Å². The van der Waals surface area contributed by atoms with Crippen molar-refractivity contribution in [2.75, 3.05) is 6.61 Å². The third-order valence-corrected chi connectivity index (χ3v) is 4.44. The number of nitrogens with zero attached hydrogens (tertiary/aromatic N) is 1. The normalized spacial score (nSPS) is 11.0. The molecule has 0 fully saturated rings. The number of aliphatic hydroxyl groups is 1. The molecule has 0 unspecified atom stereocenters. The van der Waals surface area contributed by atoms with Gasteiger partial charge in [0.05, 0.1) is 11.1 Å². The highest BCUT2D eigenvalue weighted by molar-refractivity contribution is 6.32. The molecule has 3 N–H and O–H groups in total. The summed E-state index contributed by atoms with van der Waals surface area (Å²) < 4.78 is 5.68. The number of aryl methyl sites for hydroxylation is 1. The highest BCUT2D eigenvalue weighted by Crippen LogP contribution is 2.30. The van der Waals surface area contributed by atoms with Crippen molar-refractivity contribution in [1.29, 1.82) is 0 Å². The van der Waals surface area contributed by atoms with E-state index in [1.54, 1.807) is 6.20 Å². The van der Waals surface area contributed by atoms with Crippen LogP contribution >= 0.6 is 11.6 Å². The highest BCUT2D eigenvalue weighted by atomic mass is 35.5. The number of carboxylic acid groups (broad SMARTS) is 2. The summed E-state index contributed by atoms with van der Waals surface area (Å²) in [5, 5.41) is 25.4. The maximum atomic E-state index is 10.1. The van der Waals surface area contributed by atoms with Crippen molar-refractivity contribution in [3.05, 3.63) is 83.6 Å². The van der Waals surface area contributed by atoms with Crippen LogP contribution in [0.3, 0.4) is 0 Å². The Morgan fingerprint density at radius 1 is 0.968 bits per heavy atom. The minimum absolute atomic E-state index is 0.213. The van der Waals surface area contributed by atoms with Gasteiger partial charge in [0.25, 0.3) is 0 Å². The minimum Gasteiger partial charge on any atom is -0.489 e. The van der Waals surface area contributed by atoms with Crippen molar-refractivity contribution >= 4 is 23.5 Å². The average molecular weight is 444 g/mol. The predicted octanol–water partition coefficient (Wildman–Crippen LogP) is 3.93. The monoisotopic (exact) mass is 443 g/mol. The van der Waals surface area contributed by atoms with Gasteiger partial charge in [0.2, 0.25) is 0 Å². The van der Waals surface area contributed by atoms with Gasteiger partial charge in [-0.25, -0.2) is 9.59 Å². The first-order valence-electron chi connectivity index (χ1n) is 9.37. The van der Waals surface area contributed by atoms with Gasteiger partial charge in [0.1, 0.15) is 12.4 Å². The maximum Gasteiger partial charge on any atom is 0.414 e. The molecule has 0 amide bonds. The fraction of sp³-hybridized carbons (Fsp3) is 0.174. The van der Waals surface area contributed by atoms with Crippen molar-refractivity contribution in [1.82, 2.24) is 4.98 Å². The van der Waals surface area contributed by atoms with E-state index in [1.165, 1.54) is 0 Å². The molecule has 7 nitrogen and oxygen atoms in total. The minimum atomic E-state index is -1.82. The van der Waals surface area contributed by atoms with E-state index in [9.17, 15) is 5.11 Å². The van der Waals surface area contributed by atoms with Gasteiger partial charge >= 0.3 is 11.9 Å². The van der Waals surface area contributed by atoms with Crippen molar-refractivity contribution in [2.45, 2.75) is 18.9 Å². The Bertz CT molecular complexity index is 970. The van der Waals surface area contributed by atoms with Crippen molar-refractivity contribution in [2.24, 2.45) is 0 Å². The molecule has 8 heteroatoms. The van der Waals surface area contributed by atoms with E-state index in [0.29, 0.717) is 17.2 Å². The molecule has 1 aromatic heterocycles. The molecule has 0 aliphatic heterocycles. The van der Waals surface area contributed by atoms with Gasteiger partial charge in [-0.3, -0.25) is 4.98 Å². The molecule has 0 radical (unpaired) electrons. The third-order valence-electron chi connectivity index (χ3n) is 4.14. The number of carboxylic acids is 2. The summed E-state index contributed by atoms with van der Waals surface area (Å²) in [4.78, 5) is 22.3. The lowest BCUT2D eigenvalue weighted by Gasteiger charge is -2.14. The standard InChI is InChI=1S/C21H20ClNO2.C2H2O4/c22-20-13-18(17-6-2-1-3-7-17)9-11-21(20)25-15-19(24)10-8-16-5-4-12-23-14-16;3-1(4)2(5)6/h1-7,9,11-14,19,24H,8,10,15H2;(H,3,4)(H,5,6)/t19-;/m1./s1. The molecule has 31 heavy (non-hydrogen) atoms. The van der Waals surface area contributed by atoms with Gasteiger partial charge in [-0.1, -0.05) is 54.1 Å². The summed E-state index contributed by atoms with van der Waals surface area (Å²) in [6, 6.07) is 19.6. The molecule has 0 aliphatic carbocycles. The molecule has 0 bridgehead atoms. The van der Waals surface area contributed by atoms with E-state index < -0.39 is 18.0 Å². The van der Waals surface area contributed by atoms with Crippen LogP contribution in [0.25, 0.3) is 11.1 Å². The van der Waals surface area contributed by atoms with Gasteiger partial charge in [-0.2, -0.15) is 0 Å². The number of rotatable bonds is 7. The first-order valence-corrected chi connectivity index (χ1v) is 9.75. The van der Waals surface area contributed by atoms with E-state index >= 15 is 0 Å². The average Bonchev–Trinajstić information content (AvgIpc) is 2.78. The van der Waals surface area contributed by atoms with E-state index in [0.717, 1.165) is 23.1 Å². The second-order valence-corrected chi connectivity index (χ2v) is 6.89. The number of aliphatic hydroxyl groups excluding tert-OH is 1. The molecule has 1 heterocycles. The van der Waals surface area contributed by atoms with E-state index in [-0.39, 0.29) is 6.61 Å². The fourth-order valence-electron chi connectivity index (χ4n) is 2.58. The summed E-state index contributed by atoms with van der Waals surface area (Å²) in [5.41, 5.74) is 3.24. The summed E-state index contributed by atoms with van der Waals surface area (Å²) in [6.45, 7) is 0.213. The van der Waals surface area contributed by atoms with Crippen LogP contribution in [0.4, 0.5) is 0 Å². The number of pyridine rings is 1. The second-order valence-electron chi connectivity index (χ2n) is 6.49. The SMILES string of the molecule is O=C(O)C(=O)O.O[C@H](CCc1cccnc1)COc1ccc(-c2ccccc2)cc1Cl. The number of carbonyl (C=O) groups is 2. The first-order chi connectivity index (χ1) is 14.9. The van der Waals surface area contributed by atoms with Crippen molar-refractivity contribution in [3.8, 4) is 16.9 Å². The zero-order valence-corrected chi connectivity index (χ0v) is 17.3. The van der Waals surface area contributed by atoms with E-state index in [1.807, 2.05) is 66.9 Å². The topological polar surface area (TPSA) is 117 Å². The van der Waals surface area contributed by atoms with Crippen LogP contribution in [-0.4, -0.2) is 45.0 Å². The predicted molar refractivity (Wildman–Crippen MR) is 116 cm³/mol. The van der Waals surface area contributed by atoms with Crippen LogP contribution in [0.2, 0.25) is 5.02 Å². The number of halogens is 1. The van der Waals surface area contributed by atoms with Gasteiger partial charge in [-0.05, 0) is 47.7 Å². The number of aliphatic carboxylic acids is 2. The maximum absolute atomic E-state index is 10.1. The summed E-state index contributed by atoms with van der Waals surface area (Å²) >= 11 is 6.32. The molecule has 0 saturated heterocycles. The quantitative estimate of drug-likeness (QED) is 0.473. The van der Waals surface area contributed by atoms with Gasteiger partial charge in [0.15, 0.2) is 0 Å². The molecule has 162 valence electrons. The Labute approximate surface area is 184 Å². The molecule has 3 aromatic rings. The number of ether oxygens (including phenoxy) is 1. The first kappa shape index (κ1) is 23.9. The smallest absolute Gasteiger partial charge is 0.414 e. The Hall–Kier alpha value is -3.42. The van der Waals surface area contributed by atoms with Gasteiger partial charge < -0.3 is 20.1 Å². The zero-order valence-electron chi connectivity index (χ0n) is 16.5. The van der Waals surface area contributed by atoms with Crippen LogP contribution in [0.1, 0.15) is 12.0 Å². The molecule has 0 aliphatic rings. The number of benzene rings is 2. The molecule has 0 saturated carbocycles. The van der Waals surface area contributed by atoms with E-state index in [4.69, 9.17) is 36.1 Å². The second kappa shape index (κ2) is 12.3. The fourth-order valence-corrected chi connectivity index (χ4v) is 2.81. The molecular weight excluding hydrogens is 422 g/mol. The lowest BCUT2D eigenvalue weighted by molar-refractivity contribution is -0.159. The van der Waals surface area contributed by atoms with Crippen molar-refractivity contribution in [3.63, 3.8) is 0 Å². The number of hydrogen-bond acceptors (Lipinski definition) is 5. The summed E-state index contributed by atoms with van der Waals surface area (Å²) in [7, 11) is 0. The molecule has 1 atom stereocenters. The van der Waals surface area contributed by atoms with Gasteiger partial charge in [-0.15, -0.1) is 0 Å². The van der Waals surface area contributed by atoms with Crippen LogP contribution < -0.4 is 4.74 Å². The zero-order chi connectivity index (χ0) is 22.6. The van der Waals surface area contributed by atoms with Crippen molar-refractivity contribution < 1.29 is 29.6 Å². The highest BCUT2D eigenvalue weighted by Gasteiger charge is 2.09. The summed E-state index contributed by atoms with van der Waals surface area (Å²) in [6.07, 6.45) is 4.38. The Morgan fingerprint density at radius 3 is 2.26 bits per heavy atom. The van der Waals surface area contributed by atoms with Crippen LogP contribution in [0, 0.1) is 0 Å². The third kappa shape index (κ3) is 8.46. The lowest BCUT2D eigenvalue weighted by atomic mass is 10.1. The lowest BCUT2D eigenvalue weighted by Crippen LogP contribution is -2.18. The largest absolute Gasteiger partial charge is 0.489 e. The Morgan fingerprint density at radius 2 is 1.68 bits per heavy atom. The van der Waals surface area contributed by atoms with Gasteiger partial charge in [0, 0.05) is 12.4 Å². The number of aromatic nitrogens is 1.